The lowest BCUT2D eigenvalue weighted by atomic mass is 10.2. The number of pyridine rings is 1. The van der Waals surface area contributed by atoms with Gasteiger partial charge in [0.25, 0.3) is 0 Å². The summed E-state index contributed by atoms with van der Waals surface area (Å²) in [7, 11) is 1.22. The Kier molecular flexibility index (Phi) is 2.76. The smallest absolute Gasteiger partial charge is 0.341 e. The minimum Gasteiger partial charge on any atom is -0.467 e. The van der Waals surface area contributed by atoms with E-state index in [4.69, 9.17) is 0 Å². The fraction of sp³-hybridized carbons (Fsp3) is 0.250. The third-order valence-corrected chi connectivity index (χ3v) is 1.39. The van der Waals surface area contributed by atoms with Gasteiger partial charge in [-0.15, -0.1) is 0 Å². The molecule has 1 aromatic heterocycles. The van der Waals surface area contributed by atoms with Crippen LogP contribution in [0.5, 0.6) is 0 Å². The van der Waals surface area contributed by atoms with E-state index in [1.165, 1.54) is 13.3 Å². The highest BCUT2D eigenvalue weighted by Crippen LogP contribution is 2.09. The minimum absolute atomic E-state index is 0.296. The van der Waals surface area contributed by atoms with Gasteiger partial charge in [-0.2, -0.15) is 0 Å². The van der Waals surface area contributed by atoms with Crippen LogP contribution in [0.1, 0.15) is 11.8 Å². The molecule has 0 unspecified atom stereocenters. The van der Waals surface area contributed by atoms with Crippen LogP contribution in [-0.4, -0.2) is 23.2 Å². The Hall–Kier alpha value is -1.42. The molecule has 0 bridgehead atoms. The van der Waals surface area contributed by atoms with Crippen molar-refractivity contribution in [3.8, 4) is 0 Å². The molecule has 0 fully saturated rings. The lowest BCUT2D eigenvalue weighted by Crippen LogP contribution is -2.14. The van der Waals surface area contributed by atoms with Gasteiger partial charge in [0.2, 0.25) is 0 Å². The molecule has 1 N–H and O–H groups in total. The molecule has 1 atom stereocenters. The first-order valence-corrected chi connectivity index (χ1v) is 3.42. The van der Waals surface area contributed by atoms with Crippen molar-refractivity contribution in [2.75, 3.05) is 7.11 Å². The molecule has 4 heteroatoms. The zero-order chi connectivity index (χ0) is 8.97. The maximum Gasteiger partial charge on any atom is 0.341 e. The average molecular weight is 167 g/mol. The van der Waals surface area contributed by atoms with E-state index in [2.05, 4.69) is 9.72 Å². The average Bonchev–Trinajstić information content (AvgIpc) is 2.17. The fourth-order valence-corrected chi connectivity index (χ4v) is 0.770. The Labute approximate surface area is 69.8 Å². The number of ether oxygens (including phenoxy) is 1. The summed E-state index contributed by atoms with van der Waals surface area (Å²) < 4.78 is 4.34. The second-order valence-corrected chi connectivity index (χ2v) is 2.18. The lowest BCUT2D eigenvalue weighted by Gasteiger charge is -2.05. The standard InChI is InChI=1S/C8H9NO3/c1-12-8(11)7(10)6-4-2-3-5-9-6/h2-5,7,10H,1H3/t7-/m1/s1. The Morgan fingerprint density at radius 1 is 1.67 bits per heavy atom. The molecule has 1 rings (SSSR count). The number of esters is 1. The number of rotatable bonds is 2. The SMILES string of the molecule is COC(=O)[C@H](O)c1ccccn1. The van der Waals surface area contributed by atoms with E-state index in [1.807, 2.05) is 0 Å². The van der Waals surface area contributed by atoms with E-state index < -0.39 is 12.1 Å². The summed E-state index contributed by atoms with van der Waals surface area (Å²) in [4.78, 5) is 14.6. The monoisotopic (exact) mass is 167 g/mol. The summed E-state index contributed by atoms with van der Waals surface area (Å²) in [5.74, 6) is -0.700. The largest absolute Gasteiger partial charge is 0.467 e. The van der Waals surface area contributed by atoms with E-state index in [1.54, 1.807) is 18.2 Å². The van der Waals surface area contributed by atoms with E-state index in [-0.39, 0.29) is 0 Å². The lowest BCUT2D eigenvalue weighted by molar-refractivity contribution is -0.150. The highest BCUT2D eigenvalue weighted by molar-refractivity contribution is 5.75. The molecule has 0 aliphatic rings. The predicted molar refractivity (Wildman–Crippen MR) is 41.2 cm³/mol. The van der Waals surface area contributed by atoms with Gasteiger partial charge in [-0.3, -0.25) is 4.98 Å². The van der Waals surface area contributed by atoms with Gasteiger partial charge >= 0.3 is 5.97 Å². The predicted octanol–water partition coefficient (Wildman–Crippen LogP) is 0.288. The third kappa shape index (κ3) is 1.79. The molecular weight excluding hydrogens is 158 g/mol. The van der Waals surface area contributed by atoms with Gasteiger partial charge in [0.1, 0.15) is 0 Å². The topological polar surface area (TPSA) is 59.4 Å². The van der Waals surface area contributed by atoms with Crippen molar-refractivity contribution in [1.82, 2.24) is 4.98 Å². The third-order valence-electron chi connectivity index (χ3n) is 1.39. The van der Waals surface area contributed by atoms with Crippen molar-refractivity contribution in [3.63, 3.8) is 0 Å². The van der Waals surface area contributed by atoms with Crippen molar-refractivity contribution in [3.05, 3.63) is 30.1 Å². The molecule has 64 valence electrons. The number of aliphatic hydroxyl groups is 1. The van der Waals surface area contributed by atoms with Crippen molar-refractivity contribution < 1.29 is 14.6 Å². The van der Waals surface area contributed by atoms with E-state index in [0.29, 0.717) is 5.69 Å². The number of carbonyl (C=O) groups is 1. The van der Waals surface area contributed by atoms with Gasteiger partial charge < -0.3 is 9.84 Å². The molecule has 1 heterocycles. The number of hydrogen-bond acceptors (Lipinski definition) is 4. The van der Waals surface area contributed by atoms with Crippen LogP contribution in [0.2, 0.25) is 0 Å². The summed E-state index contributed by atoms with van der Waals surface area (Å²) in [6, 6.07) is 4.95. The first kappa shape index (κ1) is 8.67. The summed E-state index contributed by atoms with van der Waals surface area (Å²) in [6.07, 6.45) is 0.220. The molecule has 0 amide bonds. The molecular formula is C8H9NO3. The van der Waals surface area contributed by atoms with Crippen molar-refractivity contribution >= 4 is 5.97 Å². The number of nitrogens with zero attached hydrogens (tertiary/aromatic N) is 1. The van der Waals surface area contributed by atoms with Crippen LogP contribution in [0.4, 0.5) is 0 Å². The van der Waals surface area contributed by atoms with Crippen molar-refractivity contribution in [1.29, 1.82) is 0 Å². The van der Waals surface area contributed by atoms with E-state index in [9.17, 15) is 9.90 Å². The second kappa shape index (κ2) is 3.82. The van der Waals surface area contributed by atoms with Crippen LogP contribution in [0, 0.1) is 0 Å². The van der Waals surface area contributed by atoms with Gasteiger partial charge in [0.05, 0.1) is 12.8 Å². The zero-order valence-corrected chi connectivity index (χ0v) is 6.60. The number of aliphatic hydroxyl groups excluding tert-OH is 1. The number of hydrogen-bond donors (Lipinski definition) is 1. The van der Waals surface area contributed by atoms with Crippen LogP contribution < -0.4 is 0 Å². The van der Waals surface area contributed by atoms with Crippen LogP contribution in [0.25, 0.3) is 0 Å². The molecule has 0 aromatic carbocycles. The first-order chi connectivity index (χ1) is 5.75. The van der Waals surface area contributed by atoms with Crippen LogP contribution in [0.15, 0.2) is 24.4 Å². The molecule has 4 nitrogen and oxygen atoms in total. The molecule has 0 saturated heterocycles. The van der Waals surface area contributed by atoms with Gasteiger partial charge in [-0.1, -0.05) is 6.07 Å². The zero-order valence-electron chi connectivity index (χ0n) is 6.60. The maximum atomic E-state index is 10.8. The molecule has 0 aliphatic heterocycles. The molecule has 0 aliphatic carbocycles. The maximum absolute atomic E-state index is 10.8. The highest BCUT2D eigenvalue weighted by atomic mass is 16.5. The van der Waals surface area contributed by atoms with Crippen LogP contribution >= 0.6 is 0 Å². The minimum atomic E-state index is -1.28. The summed E-state index contributed by atoms with van der Waals surface area (Å²) in [5, 5.41) is 9.25. The molecule has 0 saturated carbocycles. The number of aromatic nitrogens is 1. The Bertz CT molecular complexity index is 260. The van der Waals surface area contributed by atoms with Crippen molar-refractivity contribution in [2.24, 2.45) is 0 Å². The second-order valence-electron chi connectivity index (χ2n) is 2.18. The van der Waals surface area contributed by atoms with Gasteiger partial charge in [0.15, 0.2) is 6.10 Å². The summed E-state index contributed by atoms with van der Waals surface area (Å²) >= 11 is 0. The number of methoxy groups -OCH3 is 1. The summed E-state index contributed by atoms with van der Waals surface area (Å²) in [6.45, 7) is 0. The first-order valence-electron chi connectivity index (χ1n) is 3.42. The Morgan fingerprint density at radius 3 is 2.92 bits per heavy atom. The van der Waals surface area contributed by atoms with Crippen LogP contribution in [-0.2, 0) is 9.53 Å². The fourth-order valence-electron chi connectivity index (χ4n) is 0.770. The van der Waals surface area contributed by atoms with Crippen LogP contribution in [0.3, 0.4) is 0 Å². The molecule has 0 radical (unpaired) electrons. The number of carbonyl (C=O) groups excluding carboxylic acids is 1. The van der Waals surface area contributed by atoms with E-state index >= 15 is 0 Å². The summed E-state index contributed by atoms with van der Waals surface area (Å²) in [5.41, 5.74) is 0.296. The molecule has 0 spiro atoms. The van der Waals surface area contributed by atoms with Gasteiger partial charge in [-0.05, 0) is 12.1 Å². The molecule has 12 heavy (non-hydrogen) atoms. The van der Waals surface area contributed by atoms with Gasteiger partial charge in [0, 0.05) is 6.20 Å². The Balaban J connectivity index is 2.78. The molecule has 1 aromatic rings. The quantitative estimate of drug-likeness (QED) is 0.643. The normalized spacial score (nSPS) is 12.2. The Morgan fingerprint density at radius 2 is 2.42 bits per heavy atom. The van der Waals surface area contributed by atoms with Crippen molar-refractivity contribution in [2.45, 2.75) is 6.10 Å². The highest BCUT2D eigenvalue weighted by Gasteiger charge is 2.18. The van der Waals surface area contributed by atoms with E-state index in [0.717, 1.165) is 0 Å². The van der Waals surface area contributed by atoms with Gasteiger partial charge in [-0.25, -0.2) is 4.79 Å².